The van der Waals surface area contributed by atoms with Crippen LogP contribution in [0.3, 0.4) is 0 Å². The summed E-state index contributed by atoms with van der Waals surface area (Å²) in [7, 11) is 0. The zero-order chi connectivity index (χ0) is 13.6. The van der Waals surface area contributed by atoms with Crippen LogP contribution in [-0.2, 0) is 0 Å². The second-order valence-electron chi connectivity index (χ2n) is 3.93. The number of carboxylic acids is 1. The van der Waals surface area contributed by atoms with Gasteiger partial charge < -0.3 is 5.11 Å². The van der Waals surface area contributed by atoms with Gasteiger partial charge >= 0.3 is 5.97 Å². The van der Waals surface area contributed by atoms with E-state index in [1.165, 1.54) is 10.6 Å². The number of benzene rings is 1. The number of rotatable bonds is 2. The van der Waals surface area contributed by atoms with Crippen molar-refractivity contribution in [2.45, 2.75) is 6.92 Å². The number of hydrogen-bond acceptors (Lipinski definition) is 4. The maximum absolute atomic E-state index is 13.7. The number of nitrogens with zero attached hydrogens (tertiary/aromatic N) is 3. The molecule has 0 aliphatic rings. The minimum absolute atomic E-state index is 0.00818. The fraction of sp³-hybridized carbons (Fsp3) is 0.0833. The molecule has 0 fully saturated rings. The van der Waals surface area contributed by atoms with Gasteiger partial charge in [-0.25, -0.2) is 14.2 Å². The van der Waals surface area contributed by atoms with Gasteiger partial charge in [-0.15, -0.1) is 0 Å². The number of carbonyl (C=O) groups is 1. The van der Waals surface area contributed by atoms with E-state index in [0.717, 1.165) is 11.3 Å². The predicted octanol–water partition coefficient (Wildman–Crippen LogP) is 2.60. The van der Waals surface area contributed by atoms with Crippen molar-refractivity contribution in [3.8, 4) is 10.6 Å². The number of hydrogen-bond donors (Lipinski definition) is 1. The number of imidazole rings is 1. The lowest BCUT2D eigenvalue weighted by Gasteiger charge is -1.96. The van der Waals surface area contributed by atoms with Crippen molar-refractivity contribution in [3.05, 3.63) is 41.5 Å². The first kappa shape index (κ1) is 11.8. The third kappa shape index (κ3) is 1.78. The van der Waals surface area contributed by atoms with Gasteiger partial charge in [0.2, 0.25) is 4.96 Å². The van der Waals surface area contributed by atoms with Gasteiger partial charge in [-0.1, -0.05) is 23.5 Å². The van der Waals surface area contributed by atoms with E-state index in [4.69, 9.17) is 5.11 Å². The van der Waals surface area contributed by atoms with E-state index >= 15 is 0 Å². The molecule has 96 valence electrons. The number of carboxylic acid groups (broad SMARTS) is 1. The molecule has 3 rings (SSSR count). The van der Waals surface area contributed by atoms with Gasteiger partial charge in [-0.2, -0.15) is 9.61 Å². The first-order valence-corrected chi connectivity index (χ1v) is 6.24. The SMILES string of the molecule is Cc1nc2sc(-c3ccccc3F)nn2c1C(=O)O. The van der Waals surface area contributed by atoms with Crippen molar-refractivity contribution in [1.29, 1.82) is 0 Å². The van der Waals surface area contributed by atoms with Gasteiger partial charge in [0.25, 0.3) is 0 Å². The van der Waals surface area contributed by atoms with Crippen molar-refractivity contribution in [3.63, 3.8) is 0 Å². The summed E-state index contributed by atoms with van der Waals surface area (Å²) in [5, 5.41) is 13.7. The summed E-state index contributed by atoms with van der Waals surface area (Å²) in [5.74, 6) is -1.50. The minimum atomic E-state index is -1.10. The standard InChI is InChI=1S/C12H8FN3O2S/c1-6-9(11(17)18)16-12(14-6)19-10(15-16)7-4-2-3-5-8(7)13/h2-5H,1H3,(H,17,18). The van der Waals surface area contributed by atoms with Crippen LogP contribution in [0.5, 0.6) is 0 Å². The predicted molar refractivity (Wildman–Crippen MR) is 68.0 cm³/mol. The lowest BCUT2D eigenvalue weighted by atomic mass is 10.2. The molecule has 0 aliphatic carbocycles. The normalized spacial score (nSPS) is 11.1. The Kier molecular flexibility index (Phi) is 2.56. The summed E-state index contributed by atoms with van der Waals surface area (Å²) in [6.45, 7) is 1.60. The molecule has 2 heterocycles. The van der Waals surface area contributed by atoms with E-state index in [1.54, 1.807) is 25.1 Å². The lowest BCUT2D eigenvalue weighted by Crippen LogP contribution is -2.04. The van der Waals surface area contributed by atoms with Crippen molar-refractivity contribution in [2.75, 3.05) is 0 Å². The highest BCUT2D eigenvalue weighted by atomic mass is 32.1. The molecule has 0 amide bonds. The van der Waals surface area contributed by atoms with Crippen LogP contribution in [0.15, 0.2) is 24.3 Å². The molecule has 0 unspecified atom stereocenters. The van der Waals surface area contributed by atoms with Crippen LogP contribution in [0.25, 0.3) is 15.5 Å². The van der Waals surface area contributed by atoms with Crippen LogP contribution < -0.4 is 0 Å². The van der Waals surface area contributed by atoms with Gasteiger partial charge in [0.05, 0.1) is 5.69 Å². The Labute approximate surface area is 111 Å². The van der Waals surface area contributed by atoms with Gasteiger partial charge in [0, 0.05) is 5.56 Å². The Balaban J connectivity index is 2.24. The van der Waals surface area contributed by atoms with E-state index in [1.807, 2.05) is 0 Å². The van der Waals surface area contributed by atoms with E-state index in [0.29, 0.717) is 21.2 Å². The first-order valence-electron chi connectivity index (χ1n) is 5.42. The average molecular weight is 277 g/mol. The number of aromatic carboxylic acids is 1. The summed E-state index contributed by atoms with van der Waals surface area (Å²) in [6, 6.07) is 6.22. The third-order valence-electron chi connectivity index (χ3n) is 2.68. The molecule has 0 atom stereocenters. The largest absolute Gasteiger partial charge is 0.476 e. The second kappa shape index (κ2) is 4.13. The molecule has 19 heavy (non-hydrogen) atoms. The summed E-state index contributed by atoms with van der Waals surface area (Å²) in [4.78, 5) is 15.7. The Morgan fingerprint density at radius 1 is 1.42 bits per heavy atom. The molecule has 7 heteroatoms. The summed E-state index contributed by atoms with van der Waals surface area (Å²) in [5.41, 5.74) is 0.743. The molecule has 1 N–H and O–H groups in total. The third-order valence-corrected chi connectivity index (χ3v) is 3.63. The number of aryl methyl sites for hydroxylation is 1. The zero-order valence-electron chi connectivity index (χ0n) is 9.79. The summed E-state index contributed by atoms with van der Waals surface area (Å²) in [6.07, 6.45) is 0. The van der Waals surface area contributed by atoms with Gasteiger partial charge in [-0.3, -0.25) is 0 Å². The molecule has 0 saturated carbocycles. The van der Waals surface area contributed by atoms with Crippen LogP contribution in [0, 0.1) is 12.7 Å². The molecule has 5 nitrogen and oxygen atoms in total. The first-order chi connectivity index (χ1) is 9.08. The number of halogens is 1. The molecular formula is C12H8FN3O2S. The lowest BCUT2D eigenvalue weighted by molar-refractivity contribution is 0.0687. The van der Waals surface area contributed by atoms with Crippen molar-refractivity contribution >= 4 is 22.3 Å². The molecular weight excluding hydrogens is 269 g/mol. The Bertz CT molecular complexity index is 793. The summed E-state index contributed by atoms with van der Waals surface area (Å²) < 4.78 is 14.9. The maximum Gasteiger partial charge on any atom is 0.356 e. The fourth-order valence-corrected chi connectivity index (χ4v) is 2.81. The van der Waals surface area contributed by atoms with Crippen molar-refractivity contribution in [2.24, 2.45) is 0 Å². The highest BCUT2D eigenvalue weighted by Gasteiger charge is 2.20. The minimum Gasteiger partial charge on any atom is -0.476 e. The van der Waals surface area contributed by atoms with Crippen LogP contribution in [-0.4, -0.2) is 25.7 Å². The van der Waals surface area contributed by atoms with Crippen LogP contribution >= 0.6 is 11.3 Å². The molecule has 0 radical (unpaired) electrons. The molecule has 0 bridgehead atoms. The summed E-state index contributed by atoms with van der Waals surface area (Å²) >= 11 is 1.15. The van der Waals surface area contributed by atoms with E-state index in [2.05, 4.69) is 10.1 Å². The average Bonchev–Trinajstić information content (AvgIpc) is 2.85. The number of fused-ring (bicyclic) bond motifs is 1. The highest BCUT2D eigenvalue weighted by Crippen LogP contribution is 2.28. The molecule has 2 aromatic heterocycles. The van der Waals surface area contributed by atoms with Gasteiger partial charge in [-0.05, 0) is 19.1 Å². The van der Waals surface area contributed by atoms with Gasteiger partial charge in [0.1, 0.15) is 5.82 Å². The Hall–Kier alpha value is -2.28. The Morgan fingerprint density at radius 2 is 2.16 bits per heavy atom. The smallest absolute Gasteiger partial charge is 0.356 e. The fourth-order valence-electron chi connectivity index (χ4n) is 1.84. The molecule has 3 aromatic rings. The molecule has 0 aliphatic heterocycles. The monoisotopic (exact) mass is 277 g/mol. The molecule has 1 aromatic carbocycles. The zero-order valence-corrected chi connectivity index (χ0v) is 10.6. The Morgan fingerprint density at radius 3 is 2.84 bits per heavy atom. The van der Waals surface area contributed by atoms with Crippen LogP contribution in [0.4, 0.5) is 4.39 Å². The highest BCUT2D eigenvalue weighted by molar-refractivity contribution is 7.19. The van der Waals surface area contributed by atoms with E-state index in [9.17, 15) is 9.18 Å². The molecule has 0 spiro atoms. The van der Waals surface area contributed by atoms with Crippen molar-refractivity contribution < 1.29 is 14.3 Å². The van der Waals surface area contributed by atoms with Gasteiger partial charge in [0.15, 0.2) is 10.7 Å². The quantitative estimate of drug-likeness (QED) is 0.781. The van der Waals surface area contributed by atoms with E-state index in [-0.39, 0.29) is 5.69 Å². The maximum atomic E-state index is 13.7. The second-order valence-corrected chi connectivity index (χ2v) is 4.89. The number of aromatic nitrogens is 3. The van der Waals surface area contributed by atoms with Crippen molar-refractivity contribution in [1.82, 2.24) is 14.6 Å². The van der Waals surface area contributed by atoms with Crippen LogP contribution in [0.2, 0.25) is 0 Å². The van der Waals surface area contributed by atoms with E-state index < -0.39 is 11.8 Å². The topological polar surface area (TPSA) is 67.5 Å². The van der Waals surface area contributed by atoms with Crippen LogP contribution in [0.1, 0.15) is 16.2 Å². The molecule has 0 saturated heterocycles.